The molecule has 0 unspecified atom stereocenters. The SMILES string of the molecule is O=C(COCc1ccccc1)N1CCN(CCCc2ccccc2)CC1. The Bertz CT molecular complexity index is 652. The topological polar surface area (TPSA) is 32.8 Å². The first-order valence-corrected chi connectivity index (χ1v) is 9.47. The quantitative estimate of drug-likeness (QED) is 0.732. The van der Waals surface area contributed by atoms with Gasteiger partial charge in [0.2, 0.25) is 5.91 Å². The summed E-state index contributed by atoms with van der Waals surface area (Å²) >= 11 is 0. The maximum atomic E-state index is 12.3. The lowest BCUT2D eigenvalue weighted by Crippen LogP contribution is -2.49. The van der Waals surface area contributed by atoms with Crippen molar-refractivity contribution in [3.8, 4) is 0 Å². The Balaban J connectivity index is 1.29. The summed E-state index contributed by atoms with van der Waals surface area (Å²) in [6.07, 6.45) is 2.28. The van der Waals surface area contributed by atoms with Crippen LogP contribution in [0.5, 0.6) is 0 Å². The van der Waals surface area contributed by atoms with Gasteiger partial charge in [-0.15, -0.1) is 0 Å². The van der Waals surface area contributed by atoms with Crippen LogP contribution in [0, 0.1) is 0 Å². The van der Waals surface area contributed by atoms with Crippen molar-refractivity contribution in [1.29, 1.82) is 0 Å². The molecular weight excluding hydrogens is 324 g/mol. The third-order valence-electron chi connectivity index (χ3n) is 4.84. The van der Waals surface area contributed by atoms with Crippen LogP contribution in [-0.2, 0) is 22.6 Å². The zero-order valence-corrected chi connectivity index (χ0v) is 15.3. The van der Waals surface area contributed by atoms with Gasteiger partial charge in [0.25, 0.3) is 0 Å². The summed E-state index contributed by atoms with van der Waals surface area (Å²) in [5.74, 6) is 0.102. The predicted molar refractivity (Wildman–Crippen MR) is 104 cm³/mol. The summed E-state index contributed by atoms with van der Waals surface area (Å²) in [5, 5.41) is 0. The van der Waals surface area contributed by atoms with Gasteiger partial charge in [-0.3, -0.25) is 9.69 Å². The molecule has 2 aromatic carbocycles. The fourth-order valence-electron chi connectivity index (χ4n) is 3.29. The Hall–Kier alpha value is -2.17. The van der Waals surface area contributed by atoms with Gasteiger partial charge in [-0.1, -0.05) is 60.7 Å². The smallest absolute Gasteiger partial charge is 0.248 e. The Morgan fingerprint density at radius 1 is 0.846 bits per heavy atom. The number of benzene rings is 2. The van der Waals surface area contributed by atoms with Crippen LogP contribution < -0.4 is 0 Å². The van der Waals surface area contributed by atoms with Crippen LogP contribution in [0.1, 0.15) is 17.5 Å². The number of hydrogen-bond acceptors (Lipinski definition) is 3. The van der Waals surface area contributed by atoms with Crippen molar-refractivity contribution in [1.82, 2.24) is 9.80 Å². The summed E-state index contributed by atoms with van der Waals surface area (Å²) in [7, 11) is 0. The summed E-state index contributed by atoms with van der Waals surface area (Å²) in [6, 6.07) is 20.6. The van der Waals surface area contributed by atoms with E-state index in [0.29, 0.717) is 6.61 Å². The summed E-state index contributed by atoms with van der Waals surface area (Å²) in [6.45, 7) is 5.28. The first-order valence-electron chi connectivity index (χ1n) is 9.47. The molecule has 0 saturated carbocycles. The summed E-state index contributed by atoms with van der Waals surface area (Å²) in [4.78, 5) is 16.7. The van der Waals surface area contributed by atoms with Crippen LogP contribution in [-0.4, -0.2) is 55.0 Å². The van der Waals surface area contributed by atoms with E-state index in [1.54, 1.807) is 0 Å². The van der Waals surface area contributed by atoms with Crippen molar-refractivity contribution in [2.45, 2.75) is 19.4 Å². The molecule has 0 aliphatic carbocycles. The number of carbonyl (C=O) groups excluding carboxylic acids is 1. The number of amides is 1. The van der Waals surface area contributed by atoms with Crippen LogP contribution in [0.25, 0.3) is 0 Å². The van der Waals surface area contributed by atoms with Gasteiger partial charge in [0.1, 0.15) is 6.61 Å². The predicted octanol–water partition coefficient (Wildman–Crippen LogP) is 2.98. The van der Waals surface area contributed by atoms with E-state index < -0.39 is 0 Å². The Kier molecular flexibility index (Phi) is 7.23. The normalized spacial score (nSPS) is 15.2. The molecule has 0 N–H and O–H groups in total. The van der Waals surface area contributed by atoms with E-state index in [1.165, 1.54) is 5.56 Å². The second-order valence-electron chi connectivity index (χ2n) is 6.79. The van der Waals surface area contributed by atoms with E-state index in [1.807, 2.05) is 35.2 Å². The number of ether oxygens (including phenoxy) is 1. The lowest BCUT2D eigenvalue weighted by molar-refractivity contribution is -0.138. The Morgan fingerprint density at radius 2 is 1.46 bits per heavy atom. The lowest BCUT2D eigenvalue weighted by atomic mass is 10.1. The average Bonchev–Trinajstić information content (AvgIpc) is 2.70. The zero-order chi connectivity index (χ0) is 18.0. The molecular formula is C22H28N2O2. The van der Waals surface area contributed by atoms with E-state index in [2.05, 4.69) is 35.2 Å². The van der Waals surface area contributed by atoms with Crippen LogP contribution in [0.3, 0.4) is 0 Å². The fraction of sp³-hybridized carbons (Fsp3) is 0.409. The van der Waals surface area contributed by atoms with Gasteiger partial charge >= 0.3 is 0 Å². The number of piperazine rings is 1. The minimum Gasteiger partial charge on any atom is -0.367 e. The number of nitrogens with zero attached hydrogens (tertiary/aromatic N) is 2. The second-order valence-corrected chi connectivity index (χ2v) is 6.79. The average molecular weight is 352 g/mol. The highest BCUT2D eigenvalue weighted by Crippen LogP contribution is 2.07. The highest BCUT2D eigenvalue weighted by molar-refractivity contribution is 5.77. The van der Waals surface area contributed by atoms with Gasteiger partial charge < -0.3 is 9.64 Å². The second kappa shape index (κ2) is 10.1. The van der Waals surface area contributed by atoms with Crippen molar-refractivity contribution in [3.63, 3.8) is 0 Å². The van der Waals surface area contributed by atoms with Crippen LogP contribution in [0.15, 0.2) is 60.7 Å². The summed E-state index contributed by atoms with van der Waals surface area (Å²) < 4.78 is 5.57. The monoisotopic (exact) mass is 352 g/mol. The van der Waals surface area contributed by atoms with Gasteiger partial charge in [-0.2, -0.15) is 0 Å². The van der Waals surface area contributed by atoms with Gasteiger partial charge in [-0.25, -0.2) is 0 Å². The molecule has 1 fully saturated rings. The third-order valence-corrected chi connectivity index (χ3v) is 4.84. The van der Waals surface area contributed by atoms with E-state index in [0.717, 1.165) is 51.1 Å². The molecule has 0 spiro atoms. The molecule has 0 radical (unpaired) electrons. The zero-order valence-electron chi connectivity index (χ0n) is 15.3. The molecule has 0 bridgehead atoms. The molecule has 1 saturated heterocycles. The van der Waals surface area contributed by atoms with Gasteiger partial charge in [0.05, 0.1) is 6.61 Å². The number of hydrogen-bond donors (Lipinski definition) is 0. The Morgan fingerprint density at radius 3 is 2.12 bits per heavy atom. The lowest BCUT2D eigenvalue weighted by Gasteiger charge is -2.34. The van der Waals surface area contributed by atoms with Crippen molar-refractivity contribution in [3.05, 3.63) is 71.8 Å². The standard InChI is InChI=1S/C22H28N2O2/c25-22(19-26-18-21-10-5-2-6-11-21)24-16-14-23(15-17-24)13-7-12-20-8-3-1-4-9-20/h1-6,8-11H,7,12-19H2. The molecule has 26 heavy (non-hydrogen) atoms. The molecule has 1 aliphatic heterocycles. The first-order chi connectivity index (χ1) is 12.8. The van der Waals surface area contributed by atoms with Crippen molar-refractivity contribution in [2.24, 2.45) is 0 Å². The van der Waals surface area contributed by atoms with E-state index in [9.17, 15) is 4.79 Å². The van der Waals surface area contributed by atoms with Gasteiger partial charge in [-0.05, 0) is 30.5 Å². The molecule has 1 aliphatic rings. The summed E-state index contributed by atoms with van der Waals surface area (Å²) in [5.41, 5.74) is 2.50. The van der Waals surface area contributed by atoms with Crippen LogP contribution in [0.2, 0.25) is 0 Å². The van der Waals surface area contributed by atoms with Crippen molar-refractivity contribution >= 4 is 5.91 Å². The molecule has 1 heterocycles. The van der Waals surface area contributed by atoms with Crippen molar-refractivity contribution < 1.29 is 9.53 Å². The van der Waals surface area contributed by atoms with Crippen LogP contribution in [0.4, 0.5) is 0 Å². The maximum Gasteiger partial charge on any atom is 0.248 e. The van der Waals surface area contributed by atoms with E-state index >= 15 is 0 Å². The van der Waals surface area contributed by atoms with Gasteiger partial charge in [0, 0.05) is 26.2 Å². The number of rotatable bonds is 8. The van der Waals surface area contributed by atoms with E-state index in [4.69, 9.17) is 4.74 Å². The Labute approximate surface area is 156 Å². The molecule has 0 aromatic heterocycles. The number of carbonyl (C=O) groups is 1. The molecule has 4 nitrogen and oxygen atoms in total. The largest absolute Gasteiger partial charge is 0.367 e. The van der Waals surface area contributed by atoms with E-state index in [-0.39, 0.29) is 12.5 Å². The molecule has 2 aromatic rings. The highest BCUT2D eigenvalue weighted by atomic mass is 16.5. The maximum absolute atomic E-state index is 12.3. The highest BCUT2D eigenvalue weighted by Gasteiger charge is 2.20. The molecule has 4 heteroatoms. The third kappa shape index (κ3) is 5.97. The molecule has 1 amide bonds. The minimum atomic E-state index is 0.102. The molecule has 0 atom stereocenters. The van der Waals surface area contributed by atoms with Crippen LogP contribution >= 0.6 is 0 Å². The first kappa shape index (κ1) is 18.6. The van der Waals surface area contributed by atoms with Crippen molar-refractivity contribution in [2.75, 3.05) is 39.3 Å². The molecule has 3 rings (SSSR count). The number of aryl methyl sites for hydroxylation is 1. The fourth-order valence-corrected chi connectivity index (χ4v) is 3.29. The molecule has 138 valence electrons. The minimum absolute atomic E-state index is 0.102. The van der Waals surface area contributed by atoms with Gasteiger partial charge in [0.15, 0.2) is 0 Å².